The molecule has 0 aliphatic rings. The number of benzene rings is 3. The maximum Gasteiger partial charge on any atom is 0.230 e. The summed E-state index contributed by atoms with van der Waals surface area (Å²) in [6.45, 7) is 3.12. The molecule has 0 aliphatic heterocycles. The Labute approximate surface area is 226 Å². The van der Waals surface area contributed by atoms with E-state index in [0.29, 0.717) is 13.1 Å². The predicted octanol–water partition coefficient (Wildman–Crippen LogP) is 7.57. The topological polar surface area (TPSA) is 50.8 Å². The number of imidazole rings is 1. The molecular formula is C32H29N3O2S. The molecule has 0 saturated heterocycles. The molecular weight excluding hydrogens is 490 g/mol. The van der Waals surface area contributed by atoms with E-state index in [2.05, 4.69) is 65.4 Å². The van der Waals surface area contributed by atoms with Gasteiger partial charge in [0.1, 0.15) is 5.76 Å². The van der Waals surface area contributed by atoms with Gasteiger partial charge in [-0.25, -0.2) is 4.98 Å². The van der Waals surface area contributed by atoms with Crippen LogP contribution in [0.4, 0.5) is 0 Å². The summed E-state index contributed by atoms with van der Waals surface area (Å²) in [6, 6.07) is 28.7. The zero-order valence-corrected chi connectivity index (χ0v) is 22.1. The van der Waals surface area contributed by atoms with E-state index in [1.165, 1.54) is 10.8 Å². The SMILES string of the molecule is CCC(C(=O)N(CCc1csc2nc(-c3ccc4ccccc4c3)cn12)Cc1ccco1)c1ccccc1. The van der Waals surface area contributed by atoms with Crippen molar-refractivity contribution in [2.24, 2.45) is 0 Å². The van der Waals surface area contributed by atoms with E-state index in [0.717, 1.165) is 46.1 Å². The zero-order chi connectivity index (χ0) is 25.9. The Morgan fingerprint density at radius 2 is 1.82 bits per heavy atom. The molecule has 190 valence electrons. The lowest BCUT2D eigenvalue weighted by molar-refractivity contribution is -0.133. The highest BCUT2D eigenvalue weighted by molar-refractivity contribution is 7.15. The third kappa shape index (κ3) is 4.87. The Morgan fingerprint density at radius 1 is 1.00 bits per heavy atom. The third-order valence-electron chi connectivity index (χ3n) is 7.11. The molecule has 1 amide bonds. The molecule has 0 bridgehead atoms. The summed E-state index contributed by atoms with van der Waals surface area (Å²) in [5.74, 6) is 0.739. The fourth-order valence-electron chi connectivity index (χ4n) is 5.06. The minimum atomic E-state index is -0.179. The number of aromatic nitrogens is 2. The van der Waals surface area contributed by atoms with Crippen molar-refractivity contribution in [3.05, 3.63) is 120 Å². The highest BCUT2D eigenvalue weighted by atomic mass is 32.1. The summed E-state index contributed by atoms with van der Waals surface area (Å²) in [5.41, 5.74) is 4.27. The fraction of sp³-hybridized carbons (Fsp3) is 0.188. The second-order valence-corrected chi connectivity index (χ2v) is 10.4. The number of carbonyl (C=O) groups is 1. The van der Waals surface area contributed by atoms with Gasteiger partial charge in [0.2, 0.25) is 5.91 Å². The highest BCUT2D eigenvalue weighted by Crippen LogP contribution is 2.28. The molecule has 0 radical (unpaired) electrons. The smallest absolute Gasteiger partial charge is 0.230 e. The van der Waals surface area contributed by atoms with Crippen LogP contribution in [0.2, 0.25) is 0 Å². The molecule has 0 fully saturated rings. The molecule has 5 nitrogen and oxygen atoms in total. The van der Waals surface area contributed by atoms with Crippen LogP contribution in [0.25, 0.3) is 27.0 Å². The Bertz CT molecular complexity index is 1670. The van der Waals surface area contributed by atoms with Gasteiger partial charge in [0.05, 0.1) is 24.4 Å². The summed E-state index contributed by atoms with van der Waals surface area (Å²) in [4.78, 5) is 21.6. The molecule has 6 rings (SSSR count). The Balaban J connectivity index is 1.25. The number of fused-ring (bicyclic) bond motifs is 2. The number of amides is 1. The van der Waals surface area contributed by atoms with Crippen LogP contribution in [0.3, 0.4) is 0 Å². The Hall–Kier alpha value is -4.16. The number of nitrogens with zero attached hydrogens (tertiary/aromatic N) is 3. The van der Waals surface area contributed by atoms with E-state index in [4.69, 9.17) is 9.40 Å². The fourth-order valence-corrected chi connectivity index (χ4v) is 5.97. The normalized spacial score (nSPS) is 12.2. The molecule has 1 atom stereocenters. The van der Waals surface area contributed by atoms with Crippen LogP contribution in [0.5, 0.6) is 0 Å². The zero-order valence-electron chi connectivity index (χ0n) is 21.3. The number of hydrogen-bond donors (Lipinski definition) is 0. The van der Waals surface area contributed by atoms with Crippen LogP contribution >= 0.6 is 11.3 Å². The van der Waals surface area contributed by atoms with Gasteiger partial charge in [-0.3, -0.25) is 9.20 Å². The molecule has 0 saturated carbocycles. The molecule has 6 aromatic rings. The molecule has 6 heteroatoms. The first-order valence-corrected chi connectivity index (χ1v) is 13.9. The van der Waals surface area contributed by atoms with Gasteiger partial charge < -0.3 is 9.32 Å². The van der Waals surface area contributed by atoms with Gasteiger partial charge in [0.25, 0.3) is 0 Å². The van der Waals surface area contributed by atoms with Crippen LogP contribution in [-0.4, -0.2) is 26.7 Å². The minimum absolute atomic E-state index is 0.129. The van der Waals surface area contributed by atoms with Crippen molar-refractivity contribution in [2.45, 2.75) is 32.2 Å². The van der Waals surface area contributed by atoms with Gasteiger partial charge in [-0.2, -0.15) is 0 Å². The summed E-state index contributed by atoms with van der Waals surface area (Å²) in [6.07, 6.45) is 5.25. The average molecular weight is 520 g/mol. The lowest BCUT2D eigenvalue weighted by atomic mass is 9.95. The van der Waals surface area contributed by atoms with Crippen molar-refractivity contribution in [2.75, 3.05) is 6.54 Å². The van der Waals surface area contributed by atoms with E-state index in [9.17, 15) is 4.79 Å². The minimum Gasteiger partial charge on any atom is -0.467 e. The summed E-state index contributed by atoms with van der Waals surface area (Å²) in [7, 11) is 0. The van der Waals surface area contributed by atoms with Crippen LogP contribution in [0.1, 0.15) is 36.3 Å². The number of hydrogen-bond acceptors (Lipinski definition) is 4. The second kappa shape index (κ2) is 10.7. The molecule has 3 heterocycles. The van der Waals surface area contributed by atoms with Crippen molar-refractivity contribution in [3.8, 4) is 11.3 Å². The van der Waals surface area contributed by atoms with E-state index < -0.39 is 0 Å². The Morgan fingerprint density at radius 3 is 2.61 bits per heavy atom. The van der Waals surface area contributed by atoms with Gasteiger partial charge in [0, 0.05) is 35.8 Å². The van der Waals surface area contributed by atoms with Crippen LogP contribution in [0, 0.1) is 0 Å². The third-order valence-corrected chi connectivity index (χ3v) is 8.00. The second-order valence-electron chi connectivity index (χ2n) is 9.53. The lowest BCUT2D eigenvalue weighted by Gasteiger charge is -2.26. The summed E-state index contributed by atoms with van der Waals surface area (Å²) >= 11 is 1.64. The molecule has 1 unspecified atom stereocenters. The highest BCUT2D eigenvalue weighted by Gasteiger charge is 2.25. The van der Waals surface area contributed by atoms with Gasteiger partial charge in [-0.1, -0.05) is 73.7 Å². The summed E-state index contributed by atoms with van der Waals surface area (Å²) < 4.78 is 7.78. The van der Waals surface area contributed by atoms with Crippen LogP contribution < -0.4 is 0 Å². The van der Waals surface area contributed by atoms with Crippen LogP contribution in [0.15, 0.2) is 107 Å². The molecule has 3 aromatic heterocycles. The maximum atomic E-state index is 13.8. The standard InChI is InChI=1S/C32H29N3O2S/c1-2-29(24-10-4-3-5-11-24)31(36)34(20-28-13-8-18-37-28)17-16-27-22-38-32-33-30(21-35(27)32)26-15-14-23-9-6-7-12-25(23)19-26/h3-15,18-19,21-22,29H,2,16-17,20H2,1H3. The van der Waals surface area contributed by atoms with Crippen molar-refractivity contribution < 1.29 is 9.21 Å². The molecule has 3 aromatic carbocycles. The van der Waals surface area contributed by atoms with E-state index in [1.807, 2.05) is 47.4 Å². The van der Waals surface area contributed by atoms with Crippen molar-refractivity contribution in [3.63, 3.8) is 0 Å². The van der Waals surface area contributed by atoms with E-state index in [1.54, 1.807) is 17.6 Å². The lowest BCUT2D eigenvalue weighted by Crippen LogP contribution is -2.36. The first-order chi connectivity index (χ1) is 18.7. The largest absolute Gasteiger partial charge is 0.467 e. The van der Waals surface area contributed by atoms with Crippen molar-refractivity contribution >= 4 is 33.0 Å². The maximum absolute atomic E-state index is 13.8. The van der Waals surface area contributed by atoms with Gasteiger partial charge >= 0.3 is 0 Å². The van der Waals surface area contributed by atoms with Crippen molar-refractivity contribution in [1.82, 2.24) is 14.3 Å². The molecule has 0 aliphatic carbocycles. The van der Waals surface area contributed by atoms with Gasteiger partial charge in [-0.05, 0) is 41.0 Å². The van der Waals surface area contributed by atoms with Gasteiger partial charge in [-0.15, -0.1) is 11.3 Å². The number of rotatable bonds is 9. The first-order valence-electron chi connectivity index (χ1n) is 13.0. The Kier molecular flexibility index (Phi) is 6.80. The first kappa shape index (κ1) is 24.2. The quantitative estimate of drug-likeness (QED) is 0.198. The van der Waals surface area contributed by atoms with E-state index in [-0.39, 0.29) is 11.8 Å². The molecule has 0 N–H and O–H groups in total. The average Bonchev–Trinajstić information content (AvgIpc) is 3.70. The number of thiazole rings is 1. The predicted molar refractivity (Wildman–Crippen MR) is 153 cm³/mol. The van der Waals surface area contributed by atoms with Gasteiger partial charge in [0.15, 0.2) is 4.96 Å². The summed E-state index contributed by atoms with van der Waals surface area (Å²) in [5, 5.41) is 4.58. The van der Waals surface area contributed by atoms with Crippen molar-refractivity contribution in [1.29, 1.82) is 0 Å². The number of carbonyl (C=O) groups excluding carboxylic acids is 1. The molecule has 0 spiro atoms. The van der Waals surface area contributed by atoms with E-state index >= 15 is 0 Å². The monoisotopic (exact) mass is 519 g/mol. The molecule has 38 heavy (non-hydrogen) atoms. The number of furan rings is 1. The van der Waals surface area contributed by atoms with Crippen LogP contribution in [-0.2, 0) is 17.8 Å².